The number of aromatic carboxylic acids is 1. The van der Waals surface area contributed by atoms with Crippen LogP contribution in [0.25, 0.3) is 33.6 Å². The van der Waals surface area contributed by atoms with E-state index in [4.69, 9.17) is 4.42 Å². The molecule has 4 rings (SSSR count). The maximum Gasteiger partial charge on any atom is 0.372 e. The summed E-state index contributed by atoms with van der Waals surface area (Å²) in [5, 5.41) is 9.76. The van der Waals surface area contributed by atoms with E-state index in [9.17, 15) is 9.90 Å². The van der Waals surface area contributed by atoms with Crippen LogP contribution in [0.4, 0.5) is 0 Å². The van der Waals surface area contributed by atoms with Crippen LogP contribution < -0.4 is 0 Å². The number of rotatable bonds is 4. The molecule has 0 aliphatic heterocycles. The number of carboxylic acid groups (broad SMARTS) is 1. The highest BCUT2D eigenvalue weighted by Gasteiger charge is 2.27. The number of furan rings is 1. The molecule has 4 aromatic rings. The Morgan fingerprint density at radius 3 is 1.50 bits per heavy atom. The molecule has 3 heteroatoms. The molecule has 0 fully saturated rings. The van der Waals surface area contributed by atoms with E-state index in [0.717, 1.165) is 22.3 Å². The van der Waals surface area contributed by atoms with Crippen molar-refractivity contribution in [1.82, 2.24) is 0 Å². The lowest BCUT2D eigenvalue weighted by atomic mass is 9.93. The second-order valence-corrected chi connectivity index (χ2v) is 5.91. The number of hydrogen-bond acceptors (Lipinski definition) is 2. The number of carboxylic acids is 1. The predicted molar refractivity (Wildman–Crippen MR) is 102 cm³/mol. The maximum atomic E-state index is 11.9. The summed E-state index contributed by atoms with van der Waals surface area (Å²) >= 11 is 0. The van der Waals surface area contributed by atoms with E-state index in [1.54, 1.807) is 0 Å². The standard InChI is InChI=1S/C23H16O3/c24-23(25)22-20(17-12-6-2-7-13-17)19(16-10-4-1-5-11-16)21(26-22)18-14-8-3-9-15-18/h1-15H,(H,24,25). The largest absolute Gasteiger partial charge is 0.475 e. The van der Waals surface area contributed by atoms with Gasteiger partial charge >= 0.3 is 5.97 Å². The van der Waals surface area contributed by atoms with Crippen LogP contribution in [0, 0.1) is 0 Å². The monoisotopic (exact) mass is 340 g/mol. The minimum atomic E-state index is -1.08. The summed E-state index contributed by atoms with van der Waals surface area (Å²) in [5.74, 6) is -0.565. The minimum Gasteiger partial charge on any atom is -0.475 e. The van der Waals surface area contributed by atoms with Gasteiger partial charge in [-0.1, -0.05) is 91.0 Å². The third-order valence-corrected chi connectivity index (χ3v) is 4.26. The van der Waals surface area contributed by atoms with Gasteiger partial charge in [0.25, 0.3) is 0 Å². The second-order valence-electron chi connectivity index (χ2n) is 5.91. The zero-order chi connectivity index (χ0) is 17.9. The van der Waals surface area contributed by atoms with Gasteiger partial charge in [0.15, 0.2) is 0 Å². The summed E-state index contributed by atoms with van der Waals surface area (Å²) in [6, 6.07) is 28.8. The van der Waals surface area contributed by atoms with E-state index in [2.05, 4.69) is 0 Å². The zero-order valence-electron chi connectivity index (χ0n) is 13.9. The predicted octanol–water partition coefficient (Wildman–Crippen LogP) is 5.98. The molecular formula is C23H16O3. The van der Waals surface area contributed by atoms with Crippen molar-refractivity contribution in [2.24, 2.45) is 0 Å². The normalized spacial score (nSPS) is 10.6. The molecule has 1 heterocycles. The maximum absolute atomic E-state index is 11.9. The van der Waals surface area contributed by atoms with Gasteiger partial charge in [0.1, 0.15) is 5.76 Å². The van der Waals surface area contributed by atoms with Crippen molar-refractivity contribution in [3.05, 3.63) is 96.8 Å². The van der Waals surface area contributed by atoms with Crippen LogP contribution in [-0.4, -0.2) is 11.1 Å². The molecule has 0 aliphatic carbocycles. The van der Waals surface area contributed by atoms with Crippen molar-refractivity contribution in [2.45, 2.75) is 0 Å². The highest BCUT2D eigenvalue weighted by molar-refractivity contribution is 6.03. The van der Waals surface area contributed by atoms with E-state index in [1.165, 1.54) is 0 Å². The van der Waals surface area contributed by atoms with Crippen molar-refractivity contribution in [3.8, 4) is 33.6 Å². The number of carbonyl (C=O) groups is 1. The van der Waals surface area contributed by atoms with Gasteiger partial charge in [-0.15, -0.1) is 0 Å². The third kappa shape index (κ3) is 2.80. The molecule has 126 valence electrons. The van der Waals surface area contributed by atoms with Gasteiger partial charge in [-0.05, 0) is 11.1 Å². The Bertz CT molecular complexity index is 1030. The molecule has 0 radical (unpaired) electrons. The van der Waals surface area contributed by atoms with Gasteiger partial charge in [0.2, 0.25) is 5.76 Å². The van der Waals surface area contributed by atoms with Crippen LogP contribution in [0.3, 0.4) is 0 Å². The van der Waals surface area contributed by atoms with Gasteiger partial charge < -0.3 is 9.52 Å². The highest BCUT2D eigenvalue weighted by atomic mass is 16.4. The van der Waals surface area contributed by atoms with E-state index < -0.39 is 5.97 Å². The Morgan fingerprint density at radius 1 is 0.615 bits per heavy atom. The molecule has 3 nitrogen and oxygen atoms in total. The lowest BCUT2D eigenvalue weighted by molar-refractivity contribution is 0.0664. The molecule has 0 unspecified atom stereocenters. The first-order valence-corrected chi connectivity index (χ1v) is 8.32. The Labute approximate surface area is 151 Å². The first-order chi connectivity index (χ1) is 12.8. The second kappa shape index (κ2) is 6.73. The molecule has 0 saturated carbocycles. The zero-order valence-corrected chi connectivity index (χ0v) is 13.9. The molecule has 0 saturated heterocycles. The third-order valence-electron chi connectivity index (χ3n) is 4.26. The average molecular weight is 340 g/mol. The molecular weight excluding hydrogens is 324 g/mol. The first kappa shape index (κ1) is 15.9. The van der Waals surface area contributed by atoms with Gasteiger partial charge in [-0.2, -0.15) is 0 Å². The summed E-state index contributed by atoms with van der Waals surface area (Å²) < 4.78 is 5.90. The Balaban J connectivity index is 2.09. The van der Waals surface area contributed by atoms with E-state index >= 15 is 0 Å². The molecule has 26 heavy (non-hydrogen) atoms. The van der Waals surface area contributed by atoms with Crippen LogP contribution in [-0.2, 0) is 0 Å². The van der Waals surface area contributed by atoms with Crippen LogP contribution in [0.2, 0.25) is 0 Å². The van der Waals surface area contributed by atoms with Crippen LogP contribution in [0.15, 0.2) is 95.4 Å². The van der Waals surface area contributed by atoms with Gasteiger partial charge in [0.05, 0.1) is 0 Å². The van der Waals surface area contributed by atoms with Crippen LogP contribution in [0.1, 0.15) is 10.6 Å². The van der Waals surface area contributed by atoms with Gasteiger partial charge in [-0.25, -0.2) is 4.79 Å². The fourth-order valence-corrected chi connectivity index (χ4v) is 3.14. The van der Waals surface area contributed by atoms with Gasteiger partial charge in [-0.3, -0.25) is 0 Å². The molecule has 0 aliphatic rings. The van der Waals surface area contributed by atoms with Crippen LogP contribution >= 0.6 is 0 Å². The number of hydrogen-bond donors (Lipinski definition) is 1. The summed E-state index contributed by atoms with van der Waals surface area (Å²) in [4.78, 5) is 11.9. The molecule has 1 aromatic heterocycles. The Morgan fingerprint density at radius 2 is 1.04 bits per heavy atom. The smallest absolute Gasteiger partial charge is 0.372 e. The molecule has 0 bridgehead atoms. The van der Waals surface area contributed by atoms with Gasteiger partial charge in [0, 0.05) is 16.7 Å². The van der Waals surface area contributed by atoms with Crippen molar-refractivity contribution < 1.29 is 14.3 Å². The first-order valence-electron chi connectivity index (χ1n) is 8.32. The molecule has 3 aromatic carbocycles. The fourth-order valence-electron chi connectivity index (χ4n) is 3.14. The fraction of sp³-hybridized carbons (Fsp3) is 0. The highest BCUT2D eigenvalue weighted by Crippen LogP contribution is 2.44. The molecule has 0 atom stereocenters. The minimum absolute atomic E-state index is 0.0473. The molecule has 1 N–H and O–H groups in total. The Hall–Kier alpha value is -3.59. The van der Waals surface area contributed by atoms with E-state index in [1.807, 2.05) is 91.0 Å². The summed E-state index contributed by atoms with van der Waals surface area (Å²) in [6.45, 7) is 0. The lowest BCUT2D eigenvalue weighted by Crippen LogP contribution is -1.96. The van der Waals surface area contributed by atoms with Crippen molar-refractivity contribution in [2.75, 3.05) is 0 Å². The Kier molecular flexibility index (Phi) is 4.12. The SMILES string of the molecule is O=C(O)c1oc(-c2ccccc2)c(-c2ccccc2)c1-c1ccccc1. The summed E-state index contributed by atoms with van der Waals surface area (Å²) in [7, 11) is 0. The lowest BCUT2D eigenvalue weighted by Gasteiger charge is -2.07. The van der Waals surface area contributed by atoms with Crippen molar-refractivity contribution >= 4 is 5.97 Å². The molecule has 0 amide bonds. The van der Waals surface area contributed by atoms with Crippen LogP contribution in [0.5, 0.6) is 0 Å². The van der Waals surface area contributed by atoms with E-state index in [-0.39, 0.29) is 5.76 Å². The average Bonchev–Trinajstić information content (AvgIpc) is 3.11. The van der Waals surface area contributed by atoms with Crippen molar-refractivity contribution in [1.29, 1.82) is 0 Å². The summed E-state index contributed by atoms with van der Waals surface area (Å²) in [6.07, 6.45) is 0. The quantitative estimate of drug-likeness (QED) is 0.497. The number of benzene rings is 3. The summed E-state index contributed by atoms with van der Waals surface area (Å²) in [5.41, 5.74) is 3.97. The topological polar surface area (TPSA) is 50.4 Å². The van der Waals surface area contributed by atoms with Crippen molar-refractivity contribution in [3.63, 3.8) is 0 Å². The van der Waals surface area contributed by atoms with E-state index in [0.29, 0.717) is 11.3 Å². The molecule has 0 spiro atoms.